The number of benzene rings is 2. The van der Waals surface area contributed by atoms with E-state index in [4.69, 9.17) is 0 Å². The lowest BCUT2D eigenvalue weighted by atomic mass is 9.97. The Morgan fingerprint density at radius 1 is 1.03 bits per heavy atom. The highest BCUT2D eigenvalue weighted by molar-refractivity contribution is 5.79. The Bertz CT molecular complexity index is 1130. The number of anilines is 1. The second-order valence-corrected chi connectivity index (χ2v) is 9.52. The summed E-state index contributed by atoms with van der Waals surface area (Å²) in [5, 5.41) is 12.1. The quantitative estimate of drug-likeness (QED) is 0.612. The number of carbonyl (C=O) groups excluding carboxylic acids is 1. The average Bonchev–Trinajstić information content (AvgIpc) is 2.89. The van der Waals surface area contributed by atoms with Crippen LogP contribution in [0.5, 0.6) is 0 Å². The molecular formula is C28H33N5O. The molecule has 1 amide bonds. The van der Waals surface area contributed by atoms with Gasteiger partial charge in [0.05, 0.1) is 11.6 Å². The predicted octanol–water partition coefficient (Wildman–Crippen LogP) is 3.84. The van der Waals surface area contributed by atoms with Gasteiger partial charge in [-0.2, -0.15) is 0 Å². The molecule has 0 radical (unpaired) electrons. The molecule has 6 nitrogen and oxygen atoms in total. The van der Waals surface area contributed by atoms with Crippen LogP contribution < -0.4 is 10.2 Å². The summed E-state index contributed by atoms with van der Waals surface area (Å²) in [5.41, 5.74) is 6.03. The van der Waals surface area contributed by atoms with Crippen LogP contribution in [0.1, 0.15) is 29.5 Å². The zero-order valence-corrected chi connectivity index (χ0v) is 19.9. The van der Waals surface area contributed by atoms with Crippen LogP contribution in [-0.2, 0) is 17.8 Å². The molecule has 0 saturated carbocycles. The highest BCUT2D eigenvalue weighted by atomic mass is 16.1. The van der Waals surface area contributed by atoms with Crippen molar-refractivity contribution < 1.29 is 4.79 Å². The maximum absolute atomic E-state index is 12.9. The first kappa shape index (κ1) is 22.5. The number of piperidine rings is 1. The molecule has 2 aliphatic heterocycles. The Morgan fingerprint density at radius 2 is 1.91 bits per heavy atom. The van der Waals surface area contributed by atoms with E-state index >= 15 is 0 Å². The number of rotatable bonds is 6. The highest BCUT2D eigenvalue weighted by Crippen LogP contribution is 2.24. The van der Waals surface area contributed by atoms with Gasteiger partial charge in [-0.25, -0.2) is 0 Å². The van der Waals surface area contributed by atoms with Gasteiger partial charge in [0.2, 0.25) is 5.91 Å². The molecule has 3 aromatic rings. The minimum atomic E-state index is -0.00548. The predicted molar refractivity (Wildman–Crippen MR) is 136 cm³/mol. The number of aromatic nitrogens is 2. The van der Waals surface area contributed by atoms with E-state index in [1.165, 1.54) is 16.7 Å². The first-order valence-electron chi connectivity index (χ1n) is 12.4. The van der Waals surface area contributed by atoms with E-state index in [9.17, 15) is 4.79 Å². The normalized spacial score (nSPS) is 18.4. The Hall–Kier alpha value is -3.25. The average molecular weight is 456 g/mol. The molecule has 0 spiro atoms. The second-order valence-electron chi connectivity index (χ2n) is 9.52. The van der Waals surface area contributed by atoms with Gasteiger partial charge in [0, 0.05) is 44.8 Å². The van der Waals surface area contributed by atoms with E-state index in [-0.39, 0.29) is 11.8 Å². The summed E-state index contributed by atoms with van der Waals surface area (Å²) in [6.45, 7) is 7.30. The van der Waals surface area contributed by atoms with Crippen molar-refractivity contribution in [2.24, 2.45) is 5.92 Å². The summed E-state index contributed by atoms with van der Waals surface area (Å²) in [5.74, 6) is 1.00. The lowest BCUT2D eigenvalue weighted by Crippen LogP contribution is -2.45. The number of hydrogen-bond acceptors (Lipinski definition) is 5. The molecular weight excluding hydrogens is 422 g/mol. The second kappa shape index (κ2) is 10.3. The summed E-state index contributed by atoms with van der Waals surface area (Å²) in [7, 11) is 0. The Balaban J connectivity index is 1.12. The number of nitrogens with one attached hydrogen (secondary N) is 1. The van der Waals surface area contributed by atoms with Crippen molar-refractivity contribution in [2.45, 2.75) is 32.7 Å². The van der Waals surface area contributed by atoms with Crippen molar-refractivity contribution in [1.82, 2.24) is 20.4 Å². The van der Waals surface area contributed by atoms with Crippen LogP contribution in [0.15, 0.2) is 60.7 Å². The van der Waals surface area contributed by atoms with Crippen LogP contribution in [-0.4, -0.2) is 53.7 Å². The van der Waals surface area contributed by atoms with E-state index in [0.29, 0.717) is 13.1 Å². The van der Waals surface area contributed by atoms with Crippen LogP contribution >= 0.6 is 0 Å². The molecule has 3 heterocycles. The summed E-state index contributed by atoms with van der Waals surface area (Å²) >= 11 is 0. The van der Waals surface area contributed by atoms with Gasteiger partial charge in [-0.15, -0.1) is 10.2 Å². The fraction of sp³-hybridized carbons (Fsp3) is 0.393. The van der Waals surface area contributed by atoms with Crippen molar-refractivity contribution in [3.63, 3.8) is 0 Å². The number of carbonyl (C=O) groups is 1. The Morgan fingerprint density at radius 3 is 2.74 bits per heavy atom. The largest absolute Gasteiger partial charge is 0.355 e. The maximum atomic E-state index is 12.9. The van der Waals surface area contributed by atoms with Crippen LogP contribution in [0.3, 0.4) is 0 Å². The first-order valence-corrected chi connectivity index (χ1v) is 12.4. The van der Waals surface area contributed by atoms with Gasteiger partial charge in [0.15, 0.2) is 5.82 Å². The summed E-state index contributed by atoms with van der Waals surface area (Å²) in [4.78, 5) is 17.5. The number of nitrogens with zero attached hydrogens (tertiary/aromatic N) is 4. The molecule has 2 aliphatic rings. The number of hydrogen-bond donors (Lipinski definition) is 1. The molecule has 0 bridgehead atoms. The van der Waals surface area contributed by atoms with E-state index in [1.54, 1.807) is 0 Å². The Labute approximate surface area is 202 Å². The molecule has 1 unspecified atom stereocenters. The van der Waals surface area contributed by atoms with Gasteiger partial charge in [0.25, 0.3) is 0 Å². The van der Waals surface area contributed by atoms with Crippen molar-refractivity contribution in [2.75, 3.05) is 37.6 Å². The van der Waals surface area contributed by atoms with Crippen molar-refractivity contribution in [3.05, 3.63) is 77.4 Å². The first-order chi connectivity index (χ1) is 16.7. The molecule has 34 heavy (non-hydrogen) atoms. The standard InChI is InChI=1S/C28H33N5O/c1-21-6-4-9-23(18-21)26-11-12-27(31-30-26)33-15-5-10-25(20-33)28(34)29-14-17-32-16-13-22-7-2-3-8-24(22)19-32/h2-4,6-9,11-12,18,25H,5,10,13-17,19-20H2,1H3,(H,29,34). The summed E-state index contributed by atoms with van der Waals surface area (Å²) in [6, 6.07) is 21.0. The molecule has 2 aromatic carbocycles. The topological polar surface area (TPSA) is 61.4 Å². The van der Waals surface area contributed by atoms with Gasteiger partial charge in [0.1, 0.15) is 0 Å². The number of amides is 1. The summed E-state index contributed by atoms with van der Waals surface area (Å²) in [6.07, 6.45) is 3.00. The van der Waals surface area contributed by atoms with Gasteiger partial charge < -0.3 is 10.2 Å². The smallest absolute Gasteiger partial charge is 0.224 e. The van der Waals surface area contributed by atoms with E-state index < -0.39 is 0 Å². The molecule has 1 atom stereocenters. The third-order valence-electron chi connectivity index (χ3n) is 7.02. The molecule has 5 rings (SSSR count). The lowest BCUT2D eigenvalue weighted by molar-refractivity contribution is -0.125. The van der Waals surface area contributed by atoms with Gasteiger partial charge in [-0.1, -0.05) is 48.0 Å². The van der Waals surface area contributed by atoms with E-state index in [0.717, 1.165) is 62.5 Å². The van der Waals surface area contributed by atoms with Crippen molar-refractivity contribution >= 4 is 11.7 Å². The molecule has 1 saturated heterocycles. The van der Waals surface area contributed by atoms with Gasteiger partial charge in [-0.05, 0) is 55.5 Å². The van der Waals surface area contributed by atoms with Crippen molar-refractivity contribution in [3.8, 4) is 11.3 Å². The van der Waals surface area contributed by atoms with E-state index in [1.807, 2.05) is 18.2 Å². The highest BCUT2D eigenvalue weighted by Gasteiger charge is 2.27. The minimum absolute atomic E-state index is 0.00548. The molecule has 1 fully saturated rings. The maximum Gasteiger partial charge on any atom is 0.224 e. The summed E-state index contributed by atoms with van der Waals surface area (Å²) < 4.78 is 0. The van der Waals surface area contributed by atoms with Gasteiger partial charge >= 0.3 is 0 Å². The fourth-order valence-electron chi connectivity index (χ4n) is 5.08. The fourth-order valence-corrected chi connectivity index (χ4v) is 5.08. The van der Waals surface area contributed by atoms with E-state index in [2.05, 4.69) is 74.7 Å². The number of aryl methyl sites for hydroxylation is 1. The molecule has 6 heteroatoms. The molecule has 1 aromatic heterocycles. The molecule has 176 valence electrons. The van der Waals surface area contributed by atoms with Crippen LogP contribution in [0.4, 0.5) is 5.82 Å². The zero-order valence-electron chi connectivity index (χ0n) is 19.9. The van der Waals surface area contributed by atoms with Crippen LogP contribution in [0, 0.1) is 12.8 Å². The van der Waals surface area contributed by atoms with Crippen molar-refractivity contribution in [1.29, 1.82) is 0 Å². The minimum Gasteiger partial charge on any atom is -0.355 e. The zero-order chi connectivity index (χ0) is 23.3. The van der Waals surface area contributed by atoms with Gasteiger partial charge in [-0.3, -0.25) is 9.69 Å². The molecule has 1 N–H and O–H groups in total. The lowest BCUT2D eigenvalue weighted by Gasteiger charge is -2.33. The monoisotopic (exact) mass is 455 g/mol. The Kier molecular flexibility index (Phi) is 6.86. The SMILES string of the molecule is Cc1cccc(-c2ccc(N3CCCC(C(=O)NCCN4CCc5ccccc5C4)C3)nn2)c1. The third-order valence-corrected chi connectivity index (χ3v) is 7.02. The number of fused-ring (bicyclic) bond motifs is 1. The third kappa shape index (κ3) is 5.28. The van der Waals surface area contributed by atoms with Crippen LogP contribution in [0.25, 0.3) is 11.3 Å². The van der Waals surface area contributed by atoms with Crippen LogP contribution in [0.2, 0.25) is 0 Å². The molecule has 0 aliphatic carbocycles.